The molecule has 0 saturated heterocycles. The summed E-state index contributed by atoms with van der Waals surface area (Å²) in [5.41, 5.74) is 0.506. The molecule has 0 amide bonds. The summed E-state index contributed by atoms with van der Waals surface area (Å²) < 4.78 is 0. The molecule has 0 spiro atoms. The predicted octanol–water partition coefficient (Wildman–Crippen LogP) is 5.53. The summed E-state index contributed by atoms with van der Waals surface area (Å²) in [5.74, 6) is 0. The fraction of sp³-hybridized carbons (Fsp3) is 1.00. The Bertz CT molecular complexity index is 111. The maximum absolute atomic E-state index is 3.65. The van der Waals surface area contributed by atoms with Gasteiger partial charge in [-0.15, -0.1) is 0 Å². The highest BCUT2D eigenvalue weighted by Crippen LogP contribution is 2.33. The van der Waals surface area contributed by atoms with Crippen LogP contribution in [0.2, 0.25) is 0 Å². The summed E-state index contributed by atoms with van der Waals surface area (Å²) in [6.07, 6.45) is 9.61. The van der Waals surface area contributed by atoms with Crippen LogP contribution in [-0.4, -0.2) is 10.7 Å². The van der Waals surface area contributed by atoms with Crippen molar-refractivity contribution in [3.8, 4) is 0 Å². The number of rotatable bonds is 9. The first-order valence-electron chi connectivity index (χ1n) is 5.86. The number of hydrogen-bond acceptors (Lipinski definition) is 0. The zero-order valence-electron chi connectivity index (χ0n) is 9.62. The summed E-state index contributed by atoms with van der Waals surface area (Å²) >= 11 is 7.29. The third-order valence-electron chi connectivity index (χ3n) is 3.13. The molecule has 0 N–H and O–H groups in total. The van der Waals surface area contributed by atoms with Crippen LogP contribution in [0.4, 0.5) is 0 Å². The first-order chi connectivity index (χ1) is 6.74. The van der Waals surface area contributed by atoms with Gasteiger partial charge in [-0.25, -0.2) is 0 Å². The van der Waals surface area contributed by atoms with Crippen LogP contribution in [0, 0.1) is 5.41 Å². The molecule has 0 aromatic rings. The number of hydrogen-bond donors (Lipinski definition) is 0. The van der Waals surface area contributed by atoms with E-state index in [0.717, 1.165) is 10.7 Å². The zero-order valence-corrected chi connectivity index (χ0v) is 12.8. The molecule has 0 aliphatic rings. The Morgan fingerprint density at radius 2 is 1.43 bits per heavy atom. The van der Waals surface area contributed by atoms with E-state index in [2.05, 4.69) is 45.7 Å². The van der Waals surface area contributed by atoms with Crippen molar-refractivity contribution in [3.05, 3.63) is 0 Å². The lowest BCUT2D eigenvalue weighted by Crippen LogP contribution is -2.23. The standard InChI is InChI=1S/C12H24Br2/c1-3-5-6-7-8-9-12(4-2,10-13)11-14/h3-11H2,1-2H3. The van der Waals surface area contributed by atoms with Crippen LogP contribution in [0.15, 0.2) is 0 Å². The van der Waals surface area contributed by atoms with Crippen molar-refractivity contribution in [1.82, 2.24) is 0 Å². The van der Waals surface area contributed by atoms with Gasteiger partial charge in [0.1, 0.15) is 0 Å². The molecule has 0 aromatic heterocycles. The number of unbranched alkanes of at least 4 members (excludes halogenated alkanes) is 4. The molecule has 0 radical (unpaired) electrons. The SMILES string of the molecule is CCCCCCCC(CC)(CBr)CBr. The lowest BCUT2D eigenvalue weighted by atomic mass is 9.84. The van der Waals surface area contributed by atoms with Crippen LogP contribution in [0.1, 0.15) is 58.8 Å². The van der Waals surface area contributed by atoms with Gasteiger partial charge in [-0.1, -0.05) is 77.8 Å². The van der Waals surface area contributed by atoms with Gasteiger partial charge in [0.05, 0.1) is 0 Å². The van der Waals surface area contributed by atoms with Crippen molar-refractivity contribution in [1.29, 1.82) is 0 Å². The van der Waals surface area contributed by atoms with E-state index in [9.17, 15) is 0 Å². The summed E-state index contributed by atoms with van der Waals surface area (Å²) in [6, 6.07) is 0. The fourth-order valence-corrected chi connectivity index (χ4v) is 3.92. The zero-order chi connectivity index (χ0) is 10.9. The molecule has 0 aliphatic carbocycles. The van der Waals surface area contributed by atoms with Crippen LogP contribution in [0.3, 0.4) is 0 Å². The van der Waals surface area contributed by atoms with Gasteiger partial charge >= 0.3 is 0 Å². The van der Waals surface area contributed by atoms with Gasteiger partial charge in [0.15, 0.2) is 0 Å². The number of alkyl halides is 2. The van der Waals surface area contributed by atoms with E-state index in [0.29, 0.717) is 5.41 Å². The van der Waals surface area contributed by atoms with Gasteiger partial charge in [-0.3, -0.25) is 0 Å². The Labute approximate surface area is 106 Å². The van der Waals surface area contributed by atoms with Crippen LogP contribution in [-0.2, 0) is 0 Å². The summed E-state index contributed by atoms with van der Waals surface area (Å²) in [6.45, 7) is 4.57. The first kappa shape index (κ1) is 15.0. The van der Waals surface area contributed by atoms with E-state index in [1.54, 1.807) is 0 Å². The molecule has 0 nitrogen and oxygen atoms in total. The Balaban J connectivity index is 3.61. The van der Waals surface area contributed by atoms with E-state index in [-0.39, 0.29) is 0 Å². The lowest BCUT2D eigenvalue weighted by Gasteiger charge is -2.28. The van der Waals surface area contributed by atoms with Crippen molar-refractivity contribution in [3.63, 3.8) is 0 Å². The van der Waals surface area contributed by atoms with Crippen LogP contribution in [0.5, 0.6) is 0 Å². The summed E-state index contributed by atoms with van der Waals surface area (Å²) in [4.78, 5) is 0. The molecule has 0 rings (SSSR count). The van der Waals surface area contributed by atoms with Crippen LogP contribution in [0.25, 0.3) is 0 Å². The Morgan fingerprint density at radius 3 is 1.86 bits per heavy atom. The predicted molar refractivity (Wildman–Crippen MR) is 73.7 cm³/mol. The third kappa shape index (κ3) is 5.75. The second-order valence-corrected chi connectivity index (χ2v) is 5.41. The molecular weight excluding hydrogens is 304 g/mol. The van der Waals surface area contributed by atoms with Gasteiger partial charge in [0.2, 0.25) is 0 Å². The topological polar surface area (TPSA) is 0 Å². The second kappa shape index (κ2) is 9.21. The lowest BCUT2D eigenvalue weighted by molar-refractivity contribution is 0.328. The van der Waals surface area contributed by atoms with Crippen LogP contribution >= 0.6 is 31.9 Å². The molecule has 86 valence electrons. The van der Waals surface area contributed by atoms with E-state index in [1.807, 2.05) is 0 Å². The monoisotopic (exact) mass is 326 g/mol. The van der Waals surface area contributed by atoms with Gasteiger partial charge in [0, 0.05) is 10.7 Å². The Kier molecular flexibility index (Phi) is 9.84. The van der Waals surface area contributed by atoms with Crippen molar-refractivity contribution < 1.29 is 0 Å². The average Bonchev–Trinajstić information content (AvgIpc) is 2.24. The van der Waals surface area contributed by atoms with Gasteiger partial charge < -0.3 is 0 Å². The first-order valence-corrected chi connectivity index (χ1v) is 8.11. The average molecular weight is 328 g/mol. The molecule has 0 fully saturated rings. The van der Waals surface area contributed by atoms with E-state index in [4.69, 9.17) is 0 Å². The van der Waals surface area contributed by atoms with Gasteiger partial charge in [-0.05, 0) is 18.3 Å². The molecule has 0 aliphatic heterocycles. The summed E-state index contributed by atoms with van der Waals surface area (Å²) in [7, 11) is 0. The van der Waals surface area contributed by atoms with E-state index in [1.165, 1.54) is 44.9 Å². The molecule has 0 atom stereocenters. The molecule has 2 heteroatoms. The van der Waals surface area contributed by atoms with Crippen molar-refractivity contribution in [2.75, 3.05) is 10.7 Å². The molecule has 0 bridgehead atoms. The number of halogens is 2. The molecular formula is C12H24Br2. The fourth-order valence-electron chi connectivity index (χ4n) is 1.64. The normalized spacial score (nSPS) is 12.0. The highest BCUT2D eigenvalue weighted by Gasteiger charge is 2.24. The van der Waals surface area contributed by atoms with Gasteiger partial charge in [0.25, 0.3) is 0 Å². The molecule has 0 unspecified atom stereocenters. The quantitative estimate of drug-likeness (QED) is 0.385. The minimum atomic E-state index is 0.506. The maximum Gasteiger partial charge on any atom is 0.00958 e. The van der Waals surface area contributed by atoms with Crippen molar-refractivity contribution in [2.45, 2.75) is 58.8 Å². The van der Waals surface area contributed by atoms with E-state index >= 15 is 0 Å². The highest BCUT2D eigenvalue weighted by atomic mass is 79.9. The minimum Gasteiger partial charge on any atom is -0.0922 e. The Morgan fingerprint density at radius 1 is 0.857 bits per heavy atom. The van der Waals surface area contributed by atoms with Crippen molar-refractivity contribution in [2.24, 2.45) is 5.41 Å². The van der Waals surface area contributed by atoms with E-state index < -0.39 is 0 Å². The molecule has 0 saturated carbocycles. The minimum absolute atomic E-state index is 0.506. The summed E-state index contributed by atoms with van der Waals surface area (Å²) in [5, 5.41) is 2.27. The Hall–Kier alpha value is 0.960. The van der Waals surface area contributed by atoms with Gasteiger partial charge in [-0.2, -0.15) is 0 Å². The largest absolute Gasteiger partial charge is 0.0922 e. The molecule has 0 heterocycles. The second-order valence-electron chi connectivity index (χ2n) is 4.29. The smallest absolute Gasteiger partial charge is 0.00958 e. The highest BCUT2D eigenvalue weighted by molar-refractivity contribution is 9.09. The van der Waals surface area contributed by atoms with Crippen molar-refractivity contribution >= 4 is 31.9 Å². The third-order valence-corrected chi connectivity index (χ3v) is 5.51. The maximum atomic E-state index is 3.65. The molecule has 0 aromatic carbocycles. The van der Waals surface area contributed by atoms with Crippen LogP contribution < -0.4 is 0 Å². The molecule has 14 heavy (non-hydrogen) atoms.